The molecule has 3 N–H and O–H groups in total. The fourth-order valence-corrected chi connectivity index (χ4v) is 4.39. The fourth-order valence-electron chi connectivity index (χ4n) is 2.09. The summed E-state index contributed by atoms with van der Waals surface area (Å²) in [6, 6.07) is 0. The van der Waals surface area contributed by atoms with Crippen molar-refractivity contribution in [1.82, 2.24) is 9.88 Å². The van der Waals surface area contributed by atoms with Gasteiger partial charge in [0.05, 0.1) is 5.69 Å². The highest BCUT2D eigenvalue weighted by Crippen LogP contribution is 2.22. The SMILES string of the molecule is CCc1nc(C(=O)N2CCS(=N)(=O)CC2)sc1CC.NC=O. The van der Waals surface area contributed by atoms with Gasteiger partial charge in [-0.3, -0.25) is 14.4 Å². The molecule has 1 aliphatic heterocycles. The third kappa shape index (κ3) is 4.77. The van der Waals surface area contributed by atoms with Crippen LogP contribution in [0.3, 0.4) is 0 Å². The van der Waals surface area contributed by atoms with Crippen molar-refractivity contribution in [2.24, 2.45) is 5.73 Å². The van der Waals surface area contributed by atoms with E-state index in [1.54, 1.807) is 4.90 Å². The van der Waals surface area contributed by atoms with E-state index in [1.807, 2.05) is 6.92 Å². The van der Waals surface area contributed by atoms with Crippen LogP contribution in [0.1, 0.15) is 34.2 Å². The Labute approximate surface area is 134 Å². The molecule has 0 unspecified atom stereocenters. The van der Waals surface area contributed by atoms with E-state index in [0.29, 0.717) is 18.1 Å². The number of aromatic nitrogens is 1. The van der Waals surface area contributed by atoms with Crippen LogP contribution in [-0.4, -0.2) is 51.0 Å². The highest BCUT2D eigenvalue weighted by atomic mass is 32.2. The molecule has 22 heavy (non-hydrogen) atoms. The molecule has 2 heterocycles. The zero-order valence-corrected chi connectivity index (χ0v) is 14.5. The topological polar surface area (TPSA) is 117 Å². The smallest absolute Gasteiger partial charge is 0.282 e. The molecule has 1 aromatic heterocycles. The van der Waals surface area contributed by atoms with Crippen molar-refractivity contribution < 1.29 is 13.8 Å². The second-order valence-corrected chi connectivity index (χ2v) is 8.27. The minimum atomic E-state index is -2.45. The quantitative estimate of drug-likeness (QED) is 0.790. The van der Waals surface area contributed by atoms with Crippen molar-refractivity contribution in [2.75, 3.05) is 24.6 Å². The molecule has 0 atom stereocenters. The Hall–Kier alpha value is -1.48. The van der Waals surface area contributed by atoms with E-state index in [-0.39, 0.29) is 23.8 Å². The van der Waals surface area contributed by atoms with Crippen LogP contribution >= 0.6 is 11.3 Å². The number of hydrogen-bond donors (Lipinski definition) is 2. The standard InChI is InChI=1S/C12H19N3O2S2.CH3NO/c1-3-9-10(4-2)18-11(14-9)12(16)15-5-7-19(13,17)8-6-15;2-1-3/h13H,3-8H2,1-2H3;1H,(H2,2,3). The summed E-state index contributed by atoms with van der Waals surface area (Å²) in [5.74, 6) is 0.492. The Bertz CT molecular complexity index is 590. The first-order chi connectivity index (χ1) is 10.4. The number of carbonyl (C=O) groups is 2. The van der Waals surface area contributed by atoms with E-state index in [0.717, 1.165) is 18.5 Å². The molecule has 0 bridgehead atoms. The first-order valence-electron chi connectivity index (χ1n) is 7.05. The number of nitrogens with one attached hydrogen (secondary N) is 1. The molecule has 124 valence electrons. The van der Waals surface area contributed by atoms with Crippen LogP contribution in [0.25, 0.3) is 0 Å². The Morgan fingerprint density at radius 2 is 1.95 bits per heavy atom. The van der Waals surface area contributed by atoms with Gasteiger partial charge in [-0.1, -0.05) is 13.8 Å². The lowest BCUT2D eigenvalue weighted by molar-refractivity contribution is -0.106. The second kappa shape index (κ2) is 8.23. The van der Waals surface area contributed by atoms with Crippen molar-refractivity contribution >= 4 is 33.4 Å². The average molecular weight is 346 g/mol. The highest BCUT2D eigenvalue weighted by Gasteiger charge is 2.26. The molecule has 2 rings (SSSR count). The molecule has 0 aliphatic carbocycles. The second-order valence-electron chi connectivity index (χ2n) is 4.74. The molecular formula is C13H22N4O3S2. The Balaban J connectivity index is 0.000000745. The number of nitrogens with two attached hydrogens (primary N) is 1. The normalized spacial score (nSPS) is 16.5. The lowest BCUT2D eigenvalue weighted by Gasteiger charge is -2.27. The molecule has 9 heteroatoms. The van der Waals surface area contributed by atoms with Gasteiger partial charge >= 0.3 is 0 Å². The summed E-state index contributed by atoms with van der Waals surface area (Å²) in [6.45, 7) is 4.92. The Morgan fingerprint density at radius 3 is 2.36 bits per heavy atom. The molecule has 7 nitrogen and oxygen atoms in total. The van der Waals surface area contributed by atoms with Crippen LogP contribution in [-0.2, 0) is 27.4 Å². The fraction of sp³-hybridized carbons (Fsp3) is 0.615. The van der Waals surface area contributed by atoms with Gasteiger partial charge in [0.2, 0.25) is 6.41 Å². The van der Waals surface area contributed by atoms with Gasteiger partial charge in [0.25, 0.3) is 5.91 Å². The summed E-state index contributed by atoms with van der Waals surface area (Å²) >= 11 is 1.47. The average Bonchev–Trinajstić information content (AvgIpc) is 2.90. The summed E-state index contributed by atoms with van der Waals surface area (Å²) in [4.78, 5) is 28.2. The third-order valence-electron chi connectivity index (χ3n) is 3.29. The van der Waals surface area contributed by atoms with Crippen molar-refractivity contribution in [3.63, 3.8) is 0 Å². The van der Waals surface area contributed by atoms with Crippen molar-refractivity contribution in [3.8, 4) is 0 Å². The van der Waals surface area contributed by atoms with Gasteiger partial charge in [-0.05, 0) is 12.8 Å². The van der Waals surface area contributed by atoms with Gasteiger partial charge in [-0.15, -0.1) is 11.3 Å². The maximum Gasteiger partial charge on any atom is 0.282 e. The van der Waals surface area contributed by atoms with E-state index in [9.17, 15) is 9.00 Å². The number of rotatable bonds is 3. The summed E-state index contributed by atoms with van der Waals surface area (Å²) in [7, 11) is -2.45. The van der Waals surface area contributed by atoms with Gasteiger partial charge in [0, 0.05) is 39.2 Å². The van der Waals surface area contributed by atoms with Crippen LogP contribution in [0, 0.1) is 4.78 Å². The monoisotopic (exact) mass is 346 g/mol. The third-order valence-corrected chi connectivity index (χ3v) is 6.20. The molecule has 1 aliphatic rings. The molecule has 0 aromatic carbocycles. The molecule has 1 fully saturated rings. The van der Waals surface area contributed by atoms with Crippen LogP contribution in [0.5, 0.6) is 0 Å². The number of primary amides is 1. The summed E-state index contributed by atoms with van der Waals surface area (Å²) < 4.78 is 19.1. The van der Waals surface area contributed by atoms with Crippen LogP contribution in [0.15, 0.2) is 0 Å². The predicted molar refractivity (Wildman–Crippen MR) is 87.6 cm³/mol. The van der Waals surface area contributed by atoms with E-state index in [4.69, 9.17) is 9.57 Å². The van der Waals surface area contributed by atoms with E-state index >= 15 is 0 Å². The molecule has 0 spiro atoms. The minimum Gasteiger partial charge on any atom is -0.372 e. The predicted octanol–water partition coefficient (Wildman–Crippen LogP) is 0.872. The van der Waals surface area contributed by atoms with Gasteiger partial charge in [0.15, 0.2) is 5.01 Å². The summed E-state index contributed by atoms with van der Waals surface area (Å²) in [5, 5.41) is 0.534. The van der Waals surface area contributed by atoms with E-state index in [1.165, 1.54) is 16.2 Å². The number of carbonyl (C=O) groups excluding carboxylic acids is 2. The summed E-state index contributed by atoms with van der Waals surface area (Å²) in [5.41, 5.74) is 5.18. The summed E-state index contributed by atoms with van der Waals surface area (Å²) in [6.07, 6.45) is 1.99. The van der Waals surface area contributed by atoms with Crippen molar-refractivity contribution in [3.05, 3.63) is 15.6 Å². The zero-order chi connectivity index (χ0) is 16.8. The van der Waals surface area contributed by atoms with E-state index in [2.05, 4.69) is 17.6 Å². The molecule has 1 aromatic rings. The van der Waals surface area contributed by atoms with Crippen LogP contribution in [0.4, 0.5) is 0 Å². The van der Waals surface area contributed by atoms with Gasteiger partial charge in [0.1, 0.15) is 0 Å². The zero-order valence-electron chi connectivity index (χ0n) is 12.8. The van der Waals surface area contributed by atoms with E-state index < -0.39 is 9.73 Å². The molecule has 1 saturated heterocycles. The van der Waals surface area contributed by atoms with Crippen LogP contribution in [0.2, 0.25) is 0 Å². The maximum absolute atomic E-state index is 12.3. The maximum atomic E-state index is 12.3. The van der Waals surface area contributed by atoms with Crippen molar-refractivity contribution in [2.45, 2.75) is 26.7 Å². The number of nitrogens with zero attached hydrogens (tertiary/aromatic N) is 2. The van der Waals surface area contributed by atoms with Crippen LogP contribution < -0.4 is 5.73 Å². The minimum absolute atomic E-state index is 0.0747. The van der Waals surface area contributed by atoms with Crippen molar-refractivity contribution in [1.29, 1.82) is 4.78 Å². The van der Waals surface area contributed by atoms with Gasteiger partial charge < -0.3 is 10.6 Å². The first-order valence-corrected chi connectivity index (χ1v) is 9.77. The highest BCUT2D eigenvalue weighted by molar-refractivity contribution is 7.92. The number of amides is 2. The Kier molecular flexibility index (Phi) is 6.95. The lowest BCUT2D eigenvalue weighted by atomic mass is 10.2. The molecular weight excluding hydrogens is 324 g/mol. The molecule has 0 saturated carbocycles. The molecule has 2 amide bonds. The van der Waals surface area contributed by atoms with Gasteiger partial charge in [-0.25, -0.2) is 9.19 Å². The number of thiazole rings is 1. The largest absolute Gasteiger partial charge is 0.372 e. The lowest BCUT2D eigenvalue weighted by Crippen LogP contribution is -2.43. The number of aryl methyl sites for hydroxylation is 2. The molecule has 0 radical (unpaired) electrons. The number of hydrogen-bond acceptors (Lipinski definition) is 6. The first kappa shape index (κ1) is 18.6. The van der Waals surface area contributed by atoms with Gasteiger partial charge in [-0.2, -0.15) is 0 Å². The Morgan fingerprint density at radius 1 is 1.41 bits per heavy atom.